The van der Waals surface area contributed by atoms with Crippen LogP contribution in [-0.4, -0.2) is 25.1 Å². The number of carbonyl (C=O) groups excluding carboxylic acids is 1. The molecule has 27 heavy (non-hydrogen) atoms. The van der Waals surface area contributed by atoms with Gasteiger partial charge in [0.25, 0.3) is 5.56 Å². The summed E-state index contributed by atoms with van der Waals surface area (Å²) in [5, 5.41) is 4.37. The minimum absolute atomic E-state index is 0.171. The minimum atomic E-state index is -0.677. The lowest BCUT2D eigenvalue weighted by atomic mass is 10.0. The van der Waals surface area contributed by atoms with E-state index in [4.69, 9.17) is 6.42 Å². The first-order valence-corrected chi connectivity index (χ1v) is 8.72. The van der Waals surface area contributed by atoms with Crippen LogP contribution >= 0.6 is 0 Å². The Morgan fingerprint density at radius 2 is 2.11 bits per heavy atom. The lowest BCUT2D eigenvalue weighted by Gasteiger charge is -2.15. The van der Waals surface area contributed by atoms with Crippen molar-refractivity contribution in [2.75, 3.05) is 0 Å². The fraction of sp³-hybridized carbons (Fsp3) is 0.238. The monoisotopic (exact) mass is 360 g/mol. The molecule has 6 nitrogen and oxygen atoms in total. The molecule has 0 bridgehead atoms. The van der Waals surface area contributed by atoms with Crippen LogP contribution in [0.1, 0.15) is 47.2 Å². The minimum Gasteiger partial charge on any atom is -0.304 e. The quantitative estimate of drug-likeness (QED) is 0.500. The zero-order valence-electron chi connectivity index (χ0n) is 15.3. The van der Waals surface area contributed by atoms with E-state index < -0.39 is 6.04 Å². The summed E-state index contributed by atoms with van der Waals surface area (Å²) >= 11 is 0. The molecule has 3 aromatic heterocycles. The average molecular weight is 360 g/mol. The SMILES string of the molecule is C#Cc1ccc(=O)n(C(C)C(=O)c2cnn(Cc3ccccn3)c2CC)c1. The van der Waals surface area contributed by atoms with Crippen LogP contribution in [-0.2, 0) is 13.0 Å². The van der Waals surface area contributed by atoms with Gasteiger partial charge in [-0.2, -0.15) is 5.10 Å². The zero-order chi connectivity index (χ0) is 19.4. The molecule has 0 fully saturated rings. The van der Waals surface area contributed by atoms with Gasteiger partial charge in [-0.05, 0) is 31.5 Å². The molecular formula is C21H20N4O2. The number of hydrogen-bond donors (Lipinski definition) is 0. The van der Waals surface area contributed by atoms with Gasteiger partial charge < -0.3 is 4.57 Å². The number of terminal acetylenes is 1. The average Bonchev–Trinajstić information content (AvgIpc) is 3.10. The number of aromatic nitrogens is 4. The number of Topliss-reactive ketones (excluding diaryl/α,β-unsaturated/α-hetero) is 1. The molecule has 3 aromatic rings. The highest BCUT2D eigenvalue weighted by molar-refractivity contribution is 5.99. The van der Waals surface area contributed by atoms with Gasteiger partial charge in [-0.3, -0.25) is 19.3 Å². The van der Waals surface area contributed by atoms with E-state index in [-0.39, 0.29) is 11.3 Å². The molecule has 0 spiro atoms. The summed E-state index contributed by atoms with van der Waals surface area (Å²) in [4.78, 5) is 29.5. The largest absolute Gasteiger partial charge is 0.304 e. The van der Waals surface area contributed by atoms with Crippen LogP contribution < -0.4 is 5.56 Å². The van der Waals surface area contributed by atoms with Crippen LogP contribution in [0.5, 0.6) is 0 Å². The first kappa shape index (κ1) is 18.3. The number of ketones is 1. The molecule has 3 rings (SSSR count). The Kier molecular flexibility index (Phi) is 5.32. The van der Waals surface area contributed by atoms with Crippen LogP contribution in [0.15, 0.2) is 53.7 Å². The van der Waals surface area contributed by atoms with E-state index >= 15 is 0 Å². The summed E-state index contributed by atoms with van der Waals surface area (Å²) < 4.78 is 3.15. The van der Waals surface area contributed by atoms with Crippen molar-refractivity contribution in [2.45, 2.75) is 32.9 Å². The first-order valence-electron chi connectivity index (χ1n) is 8.72. The molecule has 1 atom stereocenters. The van der Waals surface area contributed by atoms with Crippen molar-refractivity contribution < 1.29 is 4.79 Å². The molecule has 0 aliphatic carbocycles. The van der Waals surface area contributed by atoms with Gasteiger partial charge in [0.15, 0.2) is 5.78 Å². The van der Waals surface area contributed by atoms with E-state index in [2.05, 4.69) is 16.0 Å². The second-order valence-corrected chi connectivity index (χ2v) is 6.19. The number of carbonyl (C=O) groups is 1. The van der Waals surface area contributed by atoms with E-state index in [9.17, 15) is 9.59 Å². The van der Waals surface area contributed by atoms with Crippen molar-refractivity contribution in [3.63, 3.8) is 0 Å². The lowest BCUT2D eigenvalue weighted by Crippen LogP contribution is -2.28. The van der Waals surface area contributed by atoms with Crippen molar-refractivity contribution in [3.05, 3.63) is 81.8 Å². The standard InChI is InChI=1S/C21H20N4O2/c1-4-16-9-10-20(26)24(13-16)15(3)21(27)18-12-23-25(19(18)5-2)14-17-8-6-7-11-22-17/h1,6-13,15H,5,14H2,2-3H3. The third-order valence-electron chi connectivity index (χ3n) is 4.49. The summed E-state index contributed by atoms with van der Waals surface area (Å²) in [6.45, 7) is 4.15. The topological polar surface area (TPSA) is 69.8 Å². The van der Waals surface area contributed by atoms with Gasteiger partial charge in [0, 0.05) is 29.7 Å². The van der Waals surface area contributed by atoms with Crippen molar-refractivity contribution in [2.24, 2.45) is 0 Å². The Labute approximate surface area is 157 Å². The van der Waals surface area contributed by atoms with Crippen molar-refractivity contribution in [1.82, 2.24) is 19.3 Å². The fourth-order valence-corrected chi connectivity index (χ4v) is 3.01. The summed E-state index contributed by atoms with van der Waals surface area (Å²) in [6, 6.07) is 7.95. The van der Waals surface area contributed by atoms with Gasteiger partial charge in [0.1, 0.15) is 0 Å². The molecule has 6 heteroatoms. The maximum atomic E-state index is 13.1. The fourth-order valence-electron chi connectivity index (χ4n) is 3.01. The van der Waals surface area contributed by atoms with E-state index in [1.807, 2.05) is 25.1 Å². The van der Waals surface area contributed by atoms with Gasteiger partial charge in [-0.15, -0.1) is 6.42 Å². The van der Waals surface area contributed by atoms with Gasteiger partial charge in [-0.1, -0.05) is 18.9 Å². The second-order valence-electron chi connectivity index (χ2n) is 6.19. The van der Waals surface area contributed by atoms with Crippen LogP contribution in [0, 0.1) is 12.3 Å². The number of nitrogens with zero attached hydrogens (tertiary/aromatic N) is 4. The maximum absolute atomic E-state index is 13.1. The van der Waals surface area contributed by atoms with Crippen molar-refractivity contribution >= 4 is 5.78 Å². The van der Waals surface area contributed by atoms with Gasteiger partial charge in [-0.25, -0.2) is 0 Å². The van der Waals surface area contributed by atoms with Gasteiger partial charge in [0.2, 0.25) is 0 Å². The summed E-state index contributed by atoms with van der Waals surface area (Å²) in [6.07, 6.45) is 10.9. The second kappa shape index (κ2) is 7.83. The zero-order valence-corrected chi connectivity index (χ0v) is 15.3. The molecule has 0 aromatic carbocycles. The Hall–Kier alpha value is -3.46. The third-order valence-corrected chi connectivity index (χ3v) is 4.49. The molecule has 0 saturated carbocycles. The van der Waals surface area contributed by atoms with Crippen LogP contribution in [0.3, 0.4) is 0 Å². The van der Waals surface area contributed by atoms with Gasteiger partial charge in [0.05, 0.1) is 30.0 Å². The molecule has 136 valence electrons. The Bertz CT molecular complexity index is 1060. The molecule has 0 N–H and O–H groups in total. The smallest absolute Gasteiger partial charge is 0.251 e. The van der Waals surface area contributed by atoms with E-state index in [0.29, 0.717) is 24.1 Å². The molecule has 0 radical (unpaired) electrons. The highest BCUT2D eigenvalue weighted by atomic mass is 16.1. The molecule has 3 heterocycles. The Balaban J connectivity index is 1.93. The van der Waals surface area contributed by atoms with Crippen molar-refractivity contribution in [3.8, 4) is 12.3 Å². The Morgan fingerprint density at radius 1 is 1.30 bits per heavy atom. The first-order chi connectivity index (χ1) is 13.0. The summed E-state index contributed by atoms with van der Waals surface area (Å²) in [7, 11) is 0. The van der Waals surface area contributed by atoms with Crippen LogP contribution in [0.25, 0.3) is 0 Å². The summed E-state index contributed by atoms with van der Waals surface area (Å²) in [5.41, 5.74) is 2.47. The highest BCUT2D eigenvalue weighted by Crippen LogP contribution is 2.18. The lowest BCUT2D eigenvalue weighted by molar-refractivity contribution is 0.0932. The summed E-state index contributed by atoms with van der Waals surface area (Å²) in [5.74, 6) is 2.32. The molecule has 0 aliphatic rings. The van der Waals surface area contributed by atoms with Crippen LogP contribution in [0.4, 0.5) is 0 Å². The van der Waals surface area contributed by atoms with E-state index in [1.54, 1.807) is 30.1 Å². The predicted octanol–water partition coefficient (Wildman–Crippen LogP) is 2.48. The number of rotatable bonds is 6. The Morgan fingerprint density at radius 3 is 2.78 bits per heavy atom. The van der Waals surface area contributed by atoms with Crippen LogP contribution in [0.2, 0.25) is 0 Å². The molecule has 0 aliphatic heterocycles. The molecular weight excluding hydrogens is 340 g/mol. The number of pyridine rings is 2. The van der Waals surface area contributed by atoms with Crippen molar-refractivity contribution in [1.29, 1.82) is 0 Å². The molecule has 0 amide bonds. The predicted molar refractivity (Wildman–Crippen MR) is 103 cm³/mol. The normalized spacial score (nSPS) is 11.7. The van der Waals surface area contributed by atoms with E-state index in [1.165, 1.54) is 16.8 Å². The molecule has 0 saturated heterocycles. The highest BCUT2D eigenvalue weighted by Gasteiger charge is 2.23. The maximum Gasteiger partial charge on any atom is 0.251 e. The van der Waals surface area contributed by atoms with E-state index in [0.717, 1.165) is 11.4 Å². The third kappa shape index (κ3) is 3.72. The molecule has 1 unspecified atom stereocenters. The number of hydrogen-bond acceptors (Lipinski definition) is 4. The van der Waals surface area contributed by atoms with Gasteiger partial charge >= 0.3 is 0 Å².